The highest BCUT2D eigenvalue weighted by Gasteiger charge is 2.46. The molecule has 0 spiro atoms. The molecule has 0 N–H and O–H groups in total. The number of fused-ring (bicyclic) bond motifs is 3. The van der Waals surface area contributed by atoms with Gasteiger partial charge in [-0.05, 0) is 95.1 Å². The van der Waals surface area contributed by atoms with Crippen LogP contribution in [0.1, 0.15) is 72.9 Å². The molecule has 0 atom stereocenters. The van der Waals surface area contributed by atoms with Gasteiger partial charge < -0.3 is 0 Å². The van der Waals surface area contributed by atoms with Crippen LogP contribution in [-0.4, -0.2) is 0 Å². The van der Waals surface area contributed by atoms with E-state index in [1.807, 2.05) is 6.92 Å². The van der Waals surface area contributed by atoms with Gasteiger partial charge in [0.25, 0.3) is 0 Å². The Hall–Kier alpha value is -2.60. The third-order valence-corrected chi connectivity index (χ3v) is 8.34. The molecule has 0 bridgehead atoms. The second-order valence-electron chi connectivity index (χ2n) is 9.59. The molecule has 0 unspecified atom stereocenters. The highest BCUT2D eigenvalue weighted by atomic mass is 79.9. The summed E-state index contributed by atoms with van der Waals surface area (Å²) in [6.07, 6.45) is 6.29. The summed E-state index contributed by atoms with van der Waals surface area (Å²) in [4.78, 5) is 0. The van der Waals surface area contributed by atoms with Gasteiger partial charge in [0.2, 0.25) is 0 Å². The third-order valence-electron chi connectivity index (χ3n) is 7.35. The van der Waals surface area contributed by atoms with Crippen molar-refractivity contribution in [2.24, 2.45) is 0 Å². The van der Waals surface area contributed by atoms with Crippen molar-refractivity contribution in [2.45, 2.75) is 51.4 Å². The molecule has 0 fully saturated rings. The van der Waals surface area contributed by atoms with E-state index < -0.39 is 5.41 Å². The van der Waals surface area contributed by atoms with Gasteiger partial charge in [0.05, 0.1) is 5.41 Å². The van der Waals surface area contributed by atoms with Crippen molar-refractivity contribution in [3.63, 3.8) is 0 Å². The molecule has 1 aliphatic carbocycles. The summed E-state index contributed by atoms with van der Waals surface area (Å²) in [6, 6.07) is 31.7. The van der Waals surface area contributed by atoms with E-state index >= 15 is 0 Å². The zero-order valence-electron chi connectivity index (χ0n) is 20.9. The Labute approximate surface area is 232 Å². The maximum Gasteiger partial charge on any atom is 0.0714 e. The minimum atomic E-state index is -0.406. The summed E-state index contributed by atoms with van der Waals surface area (Å²) in [5, 5.41) is 0. The van der Waals surface area contributed by atoms with Crippen LogP contribution in [0.3, 0.4) is 0 Å². The molecule has 36 heavy (non-hydrogen) atoms. The zero-order chi connectivity index (χ0) is 25.1. The largest absolute Gasteiger partial charge is 0.101 e. The summed E-state index contributed by atoms with van der Waals surface area (Å²) in [7, 11) is 0. The van der Waals surface area contributed by atoms with E-state index in [1.54, 1.807) is 0 Å². The molecule has 0 saturated heterocycles. The van der Waals surface area contributed by atoms with Gasteiger partial charge in [-0.3, -0.25) is 0 Å². The van der Waals surface area contributed by atoms with Crippen LogP contribution < -0.4 is 0 Å². The Kier molecular flexibility index (Phi) is 7.52. The predicted molar refractivity (Wildman–Crippen MR) is 160 cm³/mol. The Morgan fingerprint density at radius 1 is 0.667 bits per heavy atom. The molecule has 0 nitrogen and oxygen atoms in total. The number of hydrogen-bond acceptors (Lipinski definition) is 0. The lowest BCUT2D eigenvalue weighted by Crippen LogP contribution is -2.28. The van der Waals surface area contributed by atoms with E-state index in [2.05, 4.69) is 136 Å². The standard InChI is InChI=1S/C34H30Br2/c1-3-5-6-7-9-25-12-16-27(17-13-25)34(26-14-10-24(8-4-2)11-15-26)32-22-28(35)18-20-30(32)31-21-19-29(36)23-33(31)34/h10-23H,3,5-7,9H2,1-2H3. The topological polar surface area (TPSA) is 0 Å². The van der Waals surface area contributed by atoms with E-state index in [-0.39, 0.29) is 0 Å². The lowest BCUT2D eigenvalue weighted by molar-refractivity contribution is 0.666. The normalized spacial score (nSPS) is 13.0. The summed E-state index contributed by atoms with van der Waals surface area (Å²) >= 11 is 7.56. The molecule has 5 rings (SSSR count). The molecule has 0 aromatic heterocycles. The van der Waals surface area contributed by atoms with Crippen molar-refractivity contribution in [3.05, 3.63) is 127 Å². The molecular weight excluding hydrogens is 568 g/mol. The zero-order valence-corrected chi connectivity index (χ0v) is 24.0. The van der Waals surface area contributed by atoms with Crippen molar-refractivity contribution < 1.29 is 0 Å². The number of halogens is 2. The maximum atomic E-state index is 3.78. The Balaban J connectivity index is 1.73. The molecule has 0 saturated carbocycles. The van der Waals surface area contributed by atoms with Gasteiger partial charge in [-0.15, -0.1) is 5.92 Å². The van der Waals surface area contributed by atoms with Crippen molar-refractivity contribution in [1.82, 2.24) is 0 Å². The summed E-state index contributed by atoms with van der Waals surface area (Å²) < 4.78 is 2.19. The molecule has 2 heteroatoms. The van der Waals surface area contributed by atoms with Gasteiger partial charge in [-0.25, -0.2) is 0 Å². The minimum Gasteiger partial charge on any atom is -0.101 e. The second kappa shape index (κ2) is 10.8. The van der Waals surface area contributed by atoms with Gasteiger partial charge in [0.15, 0.2) is 0 Å². The molecular formula is C34H30Br2. The first-order valence-corrected chi connectivity index (χ1v) is 14.4. The predicted octanol–water partition coefficient (Wildman–Crippen LogP) is 10.1. The van der Waals surface area contributed by atoms with Crippen molar-refractivity contribution in [2.75, 3.05) is 0 Å². The number of hydrogen-bond donors (Lipinski definition) is 0. The van der Waals surface area contributed by atoms with Crippen LogP contribution >= 0.6 is 31.9 Å². The first-order chi connectivity index (χ1) is 17.6. The molecule has 0 aliphatic heterocycles. The summed E-state index contributed by atoms with van der Waals surface area (Å²) in [5.74, 6) is 6.23. The highest BCUT2D eigenvalue weighted by Crippen LogP contribution is 2.57. The van der Waals surface area contributed by atoms with E-state index in [9.17, 15) is 0 Å². The first-order valence-electron chi connectivity index (χ1n) is 12.8. The van der Waals surface area contributed by atoms with E-state index in [0.29, 0.717) is 0 Å². The summed E-state index contributed by atoms with van der Waals surface area (Å²) in [6.45, 7) is 4.15. The van der Waals surface area contributed by atoms with Crippen molar-refractivity contribution in [3.8, 4) is 23.0 Å². The van der Waals surface area contributed by atoms with Crippen LogP contribution in [0.5, 0.6) is 0 Å². The second-order valence-corrected chi connectivity index (χ2v) is 11.4. The Bertz CT molecular complexity index is 1380. The molecule has 0 heterocycles. The monoisotopic (exact) mass is 596 g/mol. The van der Waals surface area contributed by atoms with Gasteiger partial charge >= 0.3 is 0 Å². The molecule has 4 aromatic rings. The molecule has 0 amide bonds. The van der Waals surface area contributed by atoms with Crippen LogP contribution in [0.2, 0.25) is 0 Å². The average Bonchev–Trinajstić information content (AvgIpc) is 3.17. The molecule has 4 aromatic carbocycles. The summed E-state index contributed by atoms with van der Waals surface area (Å²) in [5.41, 5.74) is 9.83. The third kappa shape index (κ3) is 4.49. The Morgan fingerprint density at radius 2 is 1.22 bits per heavy atom. The SMILES string of the molecule is CC#Cc1ccc(C2(c3ccc(CCCCCC)cc3)c3cc(Br)ccc3-c3ccc(Br)cc32)cc1. The van der Waals surface area contributed by atoms with Gasteiger partial charge in [-0.2, -0.15) is 0 Å². The van der Waals surface area contributed by atoms with Crippen LogP contribution in [0.4, 0.5) is 0 Å². The average molecular weight is 598 g/mol. The smallest absolute Gasteiger partial charge is 0.0714 e. The number of rotatable bonds is 7. The molecule has 180 valence electrons. The van der Waals surface area contributed by atoms with Crippen LogP contribution in [0.15, 0.2) is 93.9 Å². The van der Waals surface area contributed by atoms with E-state index in [1.165, 1.54) is 64.6 Å². The molecule has 0 radical (unpaired) electrons. The first kappa shape index (κ1) is 25.1. The van der Waals surface area contributed by atoms with Crippen molar-refractivity contribution >= 4 is 31.9 Å². The lowest BCUT2D eigenvalue weighted by Gasteiger charge is -2.34. The van der Waals surface area contributed by atoms with Gasteiger partial charge in [-0.1, -0.05) is 112 Å². The van der Waals surface area contributed by atoms with Crippen LogP contribution in [-0.2, 0) is 11.8 Å². The molecule has 1 aliphatic rings. The van der Waals surface area contributed by atoms with Gasteiger partial charge in [0, 0.05) is 14.5 Å². The number of benzene rings is 4. The Morgan fingerprint density at radius 3 is 1.75 bits per heavy atom. The van der Waals surface area contributed by atoms with Gasteiger partial charge in [0.1, 0.15) is 0 Å². The highest BCUT2D eigenvalue weighted by molar-refractivity contribution is 9.10. The van der Waals surface area contributed by atoms with E-state index in [4.69, 9.17) is 0 Å². The van der Waals surface area contributed by atoms with Crippen LogP contribution in [0, 0.1) is 11.8 Å². The fraction of sp³-hybridized carbons (Fsp3) is 0.235. The quantitative estimate of drug-likeness (QED) is 0.129. The van der Waals surface area contributed by atoms with E-state index in [0.717, 1.165) is 20.9 Å². The maximum absolute atomic E-state index is 3.78. The van der Waals surface area contributed by atoms with Crippen LogP contribution in [0.25, 0.3) is 11.1 Å². The fourth-order valence-electron chi connectivity index (χ4n) is 5.68. The number of unbranched alkanes of at least 4 members (excludes halogenated alkanes) is 3. The fourth-order valence-corrected chi connectivity index (χ4v) is 6.40. The van der Waals surface area contributed by atoms with Crippen molar-refractivity contribution in [1.29, 1.82) is 0 Å². The number of aryl methyl sites for hydroxylation is 1. The lowest BCUT2D eigenvalue weighted by atomic mass is 9.67. The minimum absolute atomic E-state index is 0.406.